The fourth-order valence-electron chi connectivity index (χ4n) is 2.82. The van der Waals surface area contributed by atoms with Crippen LogP contribution >= 0.6 is 0 Å². The van der Waals surface area contributed by atoms with Crippen LogP contribution in [0.4, 0.5) is 5.69 Å². The number of nitrogens with zero attached hydrogens (tertiary/aromatic N) is 1. The van der Waals surface area contributed by atoms with Crippen molar-refractivity contribution in [3.63, 3.8) is 0 Å². The number of carbonyl (C=O) groups is 2. The van der Waals surface area contributed by atoms with E-state index in [2.05, 4.69) is 5.32 Å². The van der Waals surface area contributed by atoms with Crippen LogP contribution in [0.3, 0.4) is 0 Å². The summed E-state index contributed by atoms with van der Waals surface area (Å²) in [4.78, 5) is 25.9. The number of anilines is 1. The zero-order valence-corrected chi connectivity index (χ0v) is 15.8. The molecule has 2 aromatic carbocycles. The lowest BCUT2D eigenvalue weighted by Crippen LogP contribution is -2.40. The molecule has 138 valence electrons. The Labute approximate surface area is 155 Å². The molecule has 0 aliphatic heterocycles. The summed E-state index contributed by atoms with van der Waals surface area (Å²) in [7, 11) is 1.63. The molecule has 0 heterocycles. The first-order chi connectivity index (χ1) is 12.4. The van der Waals surface area contributed by atoms with Gasteiger partial charge in [0.2, 0.25) is 11.8 Å². The normalized spacial score (nSPS) is 10.3. The quantitative estimate of drug-likeness (QED) is 0.831. The fraction of sp³-hybridized carbons (Fsp3) is 0.333. The Hall–Kier alpha value is -2.82. The lowest BCUT2D eigenvalue weighted by Gasteiger charge is -2.23. The summed E-state index contributed by atoms with van der Waals surface area (Å²) < 4.78 is 5.32. The minimum atomic E-state index is -0.184. The smallest absolute Gasteiger partial charge is 0.240 e. The Kier molecular flexibility index (Phi) is 6.78. The van der Waals surface area contributed by atoms with E-state index in [1.165, 1.54) is 11.8 Å². The predicted octanol–water partition coefficient (Wildman–Crippen LogP) is 3.02. The van der Waals surface area contributed by atoms with E-state index in [1.807, 2.05) is 56.3 Å². The van der Waals surface area contributed by atoms with Crippen LogP contribution in [0.15, 0.2) is 42.5 Å². The summed E-state index contributed by atoms with van der Waals surface area (Å²) in [6.45, 7) is 5.87. The van der Waals surface area contributed by atoms with E-state index in [0.717, 1.165) is 28.1 Å². The van der Waals surface area contributed by atoms with E-state index in [0.29, 0.717) is 13.0 Å². The zero-order valence-electron chi connectivity index (χ0n) is 15.8. The largest absolute Gasteiger partial charge is 0.496 e. The summed E-state index contributed by atoms with van der Waals surface area (Å²) in [5.41, 5.74) is 3.83. The van der Waals surface area contributed by atoms with Gasteiger partial charge in [0, 0.05) is 19.2 Å². The number of amides is 2. The molecule has 0 aliphatic rings. The molecular formula is C21H26N2O3. The monoisotopic (exact) mass is 354 g/mol. The number of nitrogens with one attached hydrogen (secondary N) is 1. The predicted molar refractivity (Wildman–Crippen MR) is 104 cm³/mol. The first kappa shape index (κ1) is 19.5. The molecule has 0 bridgehead atoms. The molecule has 0 saturated heterocycles. The fourth-order valence-corrected chi connectivity index (χ4v) is 2.82. The van der Waals surface area contributed by atoms with Gasteiger partial charge in [-0.1, -0.05) is 30.3 Å². The molecule has 5 heteroatoms. The van der Waals surface area contributed by atoms with Crippen LogP contribution in [0.25, 0.3) is 0 Å². The van der Waals surface area contributed by atoms with Crippen molar-refractivity contribution < 1.29 is 14.3 Å². The maximum Gasteiger partial charge on any atom is 0.240 e. The highest BCUT2D eigenvalue weighted by Gasteiger charge is 2.17. The summed E-state index contributed by atoms with van der Waals surface area (Å²) in [5, 5.41) is 2.88. The maximum atomic E-state index is 12.3. The molecule has 5 nitrogen and oxygen atoms in total. The molecule has 2 aromatic rings. The molecule has 0 aromatic heterocycles. The van der Waals surface area contributed by atoms with Crippen LogP contribution < -0.4 is 15.0 Å². The van der Waals surface area contributed by atoms with Crippen molar-refractivity contribution >= 4 is 17.5 Å². The van der Waals surface area contributed by atoms with Crippen molar-refractivity contribution in [2.24, 2.45) is 0 Å². The van der Waals surface area contributed by atoms with Crippen molar-refractivity contribution in [2.75, 3.05) is 25.1 Å². The van der Waals surface area contributed by atoms with Crippen LogP contribution in [0, 0.1) is 13.8 Å². The summed E-state index contributed by atoms with van der Waals surface area (Å²) in [6.07, 6.45) is 0.666. The van der Waals surface area contributed by atoms with Gasteiger partial charge >= 0.3 is 0 Å². The van der Waals surface area contributed by atoms with E-state index in [9.17, 15) is 9.59 Å². The van der Waals surface area contributed by atoms with E-state index in [-0.39, 0.29) is 18.4 Å². The highest BCUT2D eigenvalue weighted by Crippen LogP contribution is 2.21. The second kappa shape index (κ2) is 9.04. The molecule has 0 radical (unpaired) electrons. The number of hydrogen-bond donors (Lipinski definition) is 1. The summed E-state index contributed by atoms with van der Waals surface area (Å²) in [5.74, 6) is 0.470. The van der Waals surface area contributed by atoms with Crippen LogP contribution in [0.1, 0.15) is 23.6 Å². The van der Waals surface area contributed by atoms with Gasteiger partial charge < -0.3 is 15.0 Å². The number of benzene rings is 2. The topological polar surface area (TPSA) is 58.6 Å². The summed E-state index contributed by atoms with van der Waals surface area (Å²) in [6, 6.07) is 13.6. The second-order valence-corrected chi connectivity index (χ2v) is 6.31. The zero-order chi connectivity index (χ0) is 19.1. The van der Waals surface area contributed by atoms with Crippen LogP contribution in [0.2, 0.25) is 0 Å². The van der Waals surface area contributed by atoms with Crippen LogP contribution in [0.5, 0.6) is 5.75 Å². The Morgan fingerprint density at radius 1 is 1.12 bits per heavy atom. The molecule has 0 atom stereocenters. The average molecular weight is 354 g/mol. The first-order valence-electron chi connectivity index (χ1n) is 8.66. The highest BCUT2D eigenvalue weighted by atomic mass is 16.5. The number of ether oxygens (including phenoxy) is 1. The second-order valence-electron chi connectivity index (χ2n) is 6.31. The number of aryl methyl sites for hydroxylation is 2. The van der Waals surface area contributed by atoms with Gasteiger partial charge in [-0.2, -0.15) is 0 Å². The molecular weight excluding hydrogens is 328 g/mol. The Balaban J connectivity index is 1.98. The molecule has 0 unspecified atom stereocenters. The van der Waals surface area contributed by atoms with Gasteiger partial charge in [-0.15, -0.1) is 0 Å². The minimum absolute atomic E-state index is 0.00551. The van der Waals surface area contributed by atoms with Gasteiger partial charge in [-0.05, 0) is 49.1 Å². The van der Waals surface area contributed by atoms with E-state index < -0.39 is 0 Å². The van der Waals surface area contributed by atoms with Crippen molar-refractivity contribution in [3.05, 3.63) is 59.2 Å². The van der Waals surface area contributed by atoms with Gasteiger partial charge in [0.15, 0.2) is 0 Å². The van der Waals surface area contributed by atoms with E-state index in [1.54, 1.807) is 7.11 Å². The van der Waals surface area contributed by atoms with Crippen molar-refractivity contribution in [1.82, 2.24) is 5.32 Å². The van der Waals surface area contributed by atoms with Crippen molar-refractivity contribution in [2.45, 2.75) is 27.2 Å². The number of methoxy groups -OCH3 is 1. The number of hydrogen-bond acceptors (Lipinski definition) is 3. The SMILES string of the molecule is COc1ccccc1CCNC(=O)CN(C(C)=O)c1cc(C)ccc1C. The van der Waals surface area contributed by atoms with Gasteiger partial charge in [-0.25, -0.2) is 0 Å². The molecule has 1 N–H and O–H groups in total. The lowest BCUT2D eigenvalue weighted by atomic mass is 10.1. The van der Waals surface area contributed by atoms with Gasteiger partial charge in [-0.3, -0.25) is 9.59 Å². The summed E-state index contributed by atoms with van der Waals surface area (Å²) >= 11 is 0. The molecule has 0 saturated carbocycles. The van der Waals surface area contributed by atoms with E-state index >= 15 is 0 Å². The standard InChI is InChI=1S/C21H26N2O3/c1-15-9-10-16(2)19(13-15)23(17(3)24)14-21(25)22-12-11-18-7-5-6-8-20(18)26-4/h5-10,13H,11-12,14H2,1-4H3,(H,22,25). The van der Waals surface area contributed by atoms with Crippen LogP contribution in [-0.2, 0) is 16.0 Å². The Morgan fingerprint density at radius 2 is 1.85 bits per heavy atom. The molecule has 2 amide bonds. The molecule has 0 fully saturated rings. The average Bonchev–Trinajstić information content (AvgIpc) is 2.62. The van der Waals surface area contributed by atoms with Gasteiger partial charge in [0.05, 0.1) is 7.11 Å². The van der Waals surface area contributed by atoms with Crippen molar-refractivity contribution in [3.8, 4) is 5.75 Å². The molecule has 26 heavy (non-hydrogen) atoms. The minimum Gasteiger partial charge on any atom is -0.496 e. The number of carbonyl (C=O) groups excluding carboxylic acids is 2. The lowest BCUT2D eigenvalue weighted by molar-refractivity contribution is -0.123. The molecule has 2 rings (SSSR count). The van der Waals surface area contributed by atoms with E-state index in [4.69, 9.17) is 4.74 Å². The first-order valence-corrected chi connectivity index (χ1v) is 8.66. The van der Waals surface area contributed by atoms with Crippen molar-refractivity contribution in [1.29, 1.82) is 0 Å². The Morgan fingerprint density at radius 3 is 2.54 bits per heavy atom. The maximum absolute atomic E-state index is 12.3. The number of para-hydroxylation sites is 1. The third-order valence-corrected chi connectivity index (χ3v) is 4.25. The molecule has 0 aliphatic carbocycles. The third-order valence-electron chi connectivity index (χ3n) is 4.25. The van der Waals surface area contributed by atoms with Gasteiger partial charge in [0.25, 0.3) is 0 Å². The third kappa shape index (κ3) is 5.09. The van der Waals surface area contributed by atoms with Gasteiger partial charge in [0.1, 0.15) is 12.3 Å². The Bertz CT molecular complexity index is 787. The molecule has 0 spiro atoms. The van der Waals surface area contributed by atoms with Crippen LogP contribution in [-0.4, -0.2) is 32.0 Å². The number of rotatable bonds is 7. The highest BCUT2D eigenvalue weighted by molar-refractivity contribution is 5.98.